The molecule has 1 saturated heterocycles. The third-order valence-corrected chi connectivity index (χ3v) is 4.40. The first kappa shape index (κ1) is 15.8. The van der Waals surface area contributed by atoms with Crippen molar-refractivity contribution in [2.75, 3.05) is 51.0 Å². The number of hydrogen-bond acceptors (Lipinski definition) is 5. The van der Waals surface area contributed by atoms with Crippen LogP contribution >= 0.6 is 0 Å². The quantitative estimate of drug-likeness (QED) is 0.844. The summed E-state index contributed by atoms with van der Waals surface area (Å²) in [4.78, 5) is 4.86. The normalized spacial score (nSPS) is 17.6. The highest BCUT2D eigenvalue weighted by Gasteiger charge is 2.22. The Bertz CT molecular complexity index is 471. The zero-order valence-corrected chi connectivity index (χ0v) is 13.6. The van der Waals surface area contributed by atoms with Crippen LogP contribution in [0.4, 0.5) is 11.4 Å². The van der Waals surface area contributed by atoms with Crippen LogP contribution in [0.15, 0.2) is 12.1 Å². The number of anilines is 2. The molecule has 0 amide bonds. The highest BCUT2D eigenvalue weighted by atomic mass is 16.5. The van der Waals surface area contributed by atoms with Gasteiger partial charge in [0.2, 0.25) is 0 Å². The molecule has 1 atom stereocenters. The molecule has 5 nitrogen and oxygen atoms in total. The summed E-state index contributed by atoms with van der Waals surface area (Å²) in [6, 6.07) is 4.47. The summed E-state index contributed by atoms with van der Waals surface area (Å²) in [5, 5.41) is 0. The van der Waals surface area contributed by atoms with E-state index in [0.717, 1.165) is 43.3 Å². The molecule has 1 aromatic rings. The highest BCUT2D eigenvalue weighted by Crippen LogP contribution is 2.37. The molecule has 21 heavy (non-hydrogen) atoms. The van der Waals surface area contributed by atoms with Gasteiger partial charge in [-0.1, -0.05) is 6.92 Å². The van der Waals surface area contributed by atoms with Crippen LogP contribution in [0.3, 0.4) is 0 Å². The molecule has 118 valence electrons. The molecule has 0 saturated carbocycles. The molecule has 0 aliphatic carbocycles. The predicted octanol–water partition coefficient (Wildman–Crippen LogP) is 2.21. The lowest BCUT2D eigenvalue weighted by atomic mass is 10.1. The Hall–Kier alpha value is -1.62. The average molecular weight is 293 g/mol. The van der Waals surface area contributed by atoms with E-state index in [-0.39, 0.29) is 0 Å². The lowest BCUT2D eigenvalue weighted by molar-refractivity contribution is 0.193. The van der Waals surface area contributed by atoms with E-state index in [1.54, 1.807) is 14.2 Å². The van der Waals surface area contributed by atoms with Crippen molar-refractivity contribution in [3.63, 3.8) is 0 Å². The zero-order valence-electron chi connectivity index (χ0n) is 13.6. The van der Waals surface area contributed by atoms with Crippen molar-refractivity contribution in [2.24, 2.45) is 0 Å². The molecule has 1 aromatic carbocycles. The topological polar surface area (TPSA) is 51.0 Å². The van der Waals surface area contributed by atoms with Crippen molar-refractivity contribution in [3.8, 4) is 11.5 Å². The van der Waals surface area contributed by atoms with Gasteiger partial charge in [-0.3, -0.25) is 4.90 Å². The first-order chi connectivity index (χ1) is 10.1. The summed E-state index contributed by atoms with van der Waals surface area (Å²) < 4.78 is 10.7. The maximum Gasteiger partial charge on any atom is 0.162 e. The second-order valence-corrected chi connectivity index (χ2v) is 5.55. The third-order valence-electron chi connectivity index (χ3n) is 4.40. The van der Waals surface area contributed by atoms with Crippen LogP contribution < -0.4 is 20.1 Å². The fraction of sp³-hybridized carbons (Fsp3) is 0.625. The second kappa shape index (κ2) is 6.89. The molecule has 2 N–H and O–H groups in total. The van der Waals surface area contributed by atoms with Gasteiger partial charge >= 0.3 is 0 Å². The second-order valence-electron chi connectivity index (χ2n) is 5.55. The maximum atomic E-state index is 6.18. The summed E-state index contributed by atoms with van der Waals surface area (Å²) in [5.41, 5.74) is 7.96. The number of hydrogen-bond donors (Lipinski definition) is 1. The summed E-state index contributed by atoms with van der Waals surface area (Å²) in [6.07, 6.45) is 1.19. The van der Waals surface area contributed by atoms with E-state index < -0.39 is 0 Å². The van der Waals surface area contributed by atoms with Gasteiger partial charge in [0.05, 0.1) is 25.6 Å². The fourth-order valence-corrected chi connectivity index (χ4v) is 2.82. The average Bonchev–Trinajstić information content (AvgIpc) is 2.54. The number of nitrogen functional groups attached to an aromatic ring is 1. The van der Waals surface area contributed by atoms with Crippen molar-refractivity contribution in [3.05, 3.63) is 12.1 Å². The fourth-order valence-electron chi connectivity index (χ4n) is 2.82. The molecule has 1 fully saturated rings. The number of rotatable bonds is 5. The standard InChI is InChI=1S/C16H27N3O2/c1-5-12(2)18-6-8-19(9-7-18)14-11-16(21-4)15(20-3)10-13(14)17/h10-12H,5-9,17H2,1-4H3. The molecular weight excluding hydrogens is 266 g/mol. The molecule has 1 heterocycles. The molecule has 0 spiro atoms. The molecule has 1 unspecified atom stereocenters. The molecule has 1 aliphatic rings. The number of benzene rings is 1. The van der Waals surface area contributed by atoms with Gasteiger partial charge in [-0.25, -0.2) is 0 Å². The number of ether oxygens (including phenoxy) is 2. The number of methoxy groups -OCH3 is 2. The molecule has 2 rings (SSSR count). The molecule has 1 aliphatic heterocycles. The van der Waals surface area contributed by atoms with Crippen molar-refractivity contribution < 1.29 is 9.47 Å². The molecule has 0 bridgehead atoms. The van der Waals surface area contributed by atoms with Crippen LogP contribution in [0.2, 0.25) is 0 Å². The summed E-state index contributed by atoms with van der Waals surface area (Å²) in [7, 11) is 3.28. The van der Waals surface area contributed by atoms with E-state index in [0.29, 0.717) is 11.8 Å². The third kappa shape index (κ3) is 3.35. The minimum atomic E-state index is 0.648. The van der Waals surface area contributed by atoms with E-state index in [1.165, 1.54) is 6.42 Å². The molecule has 0 aromatic heterocycles. The Labute approximate surface area is 127 Å². The number of piperazine rings is 1. The van der Waals surface area contributed by atoms with Gasteiger partial charge in [0.15, 0.2) is 11.5 Å². The van der Waals surface area contributed by atoms with Crippen molar-refractivity contribution in [1.29, 1.82) is 0 Å². The smallest absolute Gasteiger partial charge is 0.162 e. The Morgan fingerprint density at radius 2 is 1.67 bits per heavy atom. The number of nitrogens with two attached hydrogens (primary N) is 1. The van der Waals surface area contributed by atoms with Crippen LogP contribution in [0.1, 0.15) is 20.3 Å². The van der Waals surface area contributed by atoms with Gasteiger partial charge in [0.25, 0.3) is 0 Å². The predicted molar refractivity (Wildman–Crippen MR) is 87.5 cm³/mol. The Morgan fingerprint density at radius 1 is 1.10 bits per heavy atom. The summed E-state index contributed by atoms with van der Waals surface area (Å²) in [5.74, 6) is 1.41. The van der Waals surface area contributed by atoms with Gasteiger partial charge in [-0.05, 0) is 13.3 Å². The monoisotopic (exact) mass is 293 g/mol. The van der Waals surface area contributed by atoms with Crippen LogP contribution in [-0.2, 0) is 0 Å². The maximum absolute atomic E-state index is 6.18. The van der Waals surface area contributed by atoms with Crippen molar-refractivity contribution >= 4 is 11.4 Å². The van der Waals surface area contributed by atoms with Gasteiger partial charge in [0.1, 0.15) is 0 Å². The largest absolute Gasteiger partial charge is 0.493 e. The summed E-state index contributed by atoms with van der Waals surface area (Å²) in [6.45, 7) is 8.66. The lowest BCUT2D eigenvalue weighted by Crippen LogP contribution is -2.49. The lowest BCUT2D eigenvalue weighted by Gasteiger charge is -2.39. The van der Waals surface area contributed by atoms with Crippen LogP contribution in [0, 0.1) is 0 Å². The van der Waals surface area contributed by atoms with Crippen LogP contribution in [0.5, 0.6) is 11.5 Å². The van der Waals surface area contributed by atoms with Crippen molar-refractivity contribution in [1.82, 2.24) is 4.90 Å². The van der Waals surface area contributed by atoms with Crippen LogP contribution in [-0.4, -0.2) is 51.3 Å². The highest BCUT2D eigenvalue weighted by molar-refractivity contribution is 5.73. The Kier molecular flexibility index (Phi) is 5.17. The summed E-state index contributed by atoms with van der Waals surface area (Å²) >= 11 is 0. The Morgan fingerprint density at radius 3 is 2.19 bits per heavy atom. The minimum Gasteiger partial charge on any atom is -0.493 e. The van der Waals surface area contributed by atoms with Crippen molar-refractivity contribution in [2.45, 2.75) is 26.3 Å². The Balaban J connectivity index is 2.13. The van der Waals surface area contributed by atoms with E-state index in [9.17, 15) is 0 Å². The SMILES string of the molecule is CCC(C)N1CCN(c2cc(OC)c(OC)cc2N)CC1. The van der Waals surface area contributed by atoms with Gasteiger partial charge in [0, 0.05) is 44.4 Å². The molecular formula is C16H27N3O2. The van der Waals surface area contributed by atoms with E-state index in [4.69, 9.17) is 15.2 Å². The number of nitrogens with zero attached hydrogens (tertiary/aromatic N) is 2. The zero-order chi connectivity index (χ0) is 15.4. The molecule has 0 radical (unpaired) electrons. The minimum absolute atomic E-state index is 0.648. The van der Waals surface area contributed by atoms with E-state index >= 15 is 0 Å². The first-order valence-corrected chi connectivity index (χ1v) is 7.61. The van der Waals surface area contributed by atoms with E-state index in [2.05, 4.69) is 23.6 Å². The van der Waals surface area contributed by atoms with Gasteiger partial charge in [-0.2, -0.15) is 0 Å². The van der Waals surface area contributed by atoms with Gasteiger partial charge < -0.3 is 20.1 Å². The van der Waals surface area contributed by atoms with Gasteiger partial charge in [-0.15, -0.1) is 0 Å². The molecule has 5 heteroatoms. The van der Waals surface area contributed by atoms with E-state index in [1.807, 2.05) is 12.1 Å². The first-order valence-electron chi connectivity index (χ1n) is 7.61. The van der Waals surface area contributed by atoms with Crippen LogP contribution in [0.25, 0.3) is 0 Å².